The maximum absolute atomic E-state index is 13.2. The van der Waals surface area contributed by atoms with Crippen LogP contribution in [0.4, 0.5) is 10.2 Å². The molecule has 0 saturated carbocycles. The molecule has 1 atom stereocenters. The van der Waals surface area contributed by atoms with Crippen molar-refractivity contribution in [2.75, 3.05) is 18.0 Å². The van der Waals surface area contributed by atoms with Crippen molar-refractivity contribution in [3.05, 3.63) is 23.6 Å². The van der Waals surface area contributed by atoms with Crippen LogP contribution in [0.5, 0.6) is 0 Å². The van der Waals surface area contributed by atoms with E-state index in [9.17, 15) is 4.39 Å². The highest BCUT2D eigenvalue weighted by Crippen LogP contribution is 2.25. The number of anilines is 1. The van der Waals surface area contributed by atoms with Gasteiger partial charge in [0.15, 0.2) is 0 Å². The molecule has 1 saturated heterocycles. The van der Waals surface area contributed by atoms with Crippen LogP contribution in [-0.4, -0.2) is 18.1 Å². The Kier molecular flexibility index (Phi) is 4.53. The van der Waals surface area contributed by atoms with Crippen molar-refractivity contribution >= 4 is 5.82 Å². The minimum atomic E-state index is -0.305. The zero-order valence-corrected chi connectivity index (χ0v) is 11.0. The molecule has 1 aromatic rings. The Morgan fingerprint density at radius 2 is 2.28 bits per heavy atom. The average molecular weight is 251 g/mol. The number of nitrogens with zero attached hydrogens (tertiary/aromatic N) is 2. The Morgan fingerprint density at radius 1 is 1.44 bits per heavy atom. The van der Waals surface area contributed by atoms with Gasteiger partial charge >= 0.3 is 0 Å². The predicted molar refractivity (Wildman–Crippen MR) is 71.9 cm³/mol. The molecule has 1 unspecified atom stereocenters. The fourth-order valence-electron chi connectivity index (χ4n) is 2.69. The summed E-state index contributed by atoms with van der Waals surface area (Å²) in [6, 6.07) is 1.50. The van der Waals surface area contributed by atoms with Gasteiger partial charge < -0.3 is 10.6 Å². The second-order valence-electron chi connectivity index (χ2n) is 5.03. The van der Waals surface area contributed by atoms with Crippen molar-refractivity contribution in [2.24, 2.45) is 11.7 Å². The quantitative estimate of drug-likeness (QED) is 0.898. The normalized spacial score (nSPS) is 20.8. The lowest BCUT2D eigenvalue weighted by Gasteiger charge is -2.24. The van der Waals surface area contributed by atoms with Gasteiger partial charge in [-0.2, -0.15) is 0 Å². The molecule has 0 radical (unpaired) electrons. The largest absolute Gasteiger partial charge is 0.356 e. The van der Waals surface area contributed by atoms with Crippen LogP contribution in [-0.2, 0) is 6.54 Å². The number of pyridine rings is 1. The Balaban J connectivity index is 2.15. The third-order valence-corrected chi connectivity index (χ3v) is 3.85. The number of hydrogen-bond acceptors (Lipinski definition) is 3. The lowest BCUT2D eigenvalue weighted by Crippen LogP contribution is -2.27. The lowest BCUT2D eigenvalue weighted by molar-refractivity contribution is 0.459. The number of aromatic nitrogens is 1. The number of nitrogens with two attached hydrogens (primary N) is 1. The molecule has 0 aliphatic carbocycles. The van der Waals surface area contributed by atoms with Gasteiger partial charge in [-0.25, -0.2) is 9.37 Å². The second kappa shape index (κ2) is 6.14. The predicted octanol–water partition coefficient (Wildman–Crippen LogP) is 2.70. The summed E-state index contributed by atoms with van der Waals surface area (Å²) >= 11 is 0. The summed E-state index contributed by atoms with van der Waals surface area (Å²) in [5.41, 5.74) is 6.50. The molecule has 18 heavy (non-hydrogen) atoms. The molecule has 2 N–H and O–H groups in total. The van der Waals surface area contributed by atoms with E-state index in [2.05, 4.69) is 16.8 Å². The van der Waals surface area contributed by atoms with Gasteiger partial charge in [0, 0.05) is 25.2 Å². The molecule has 2 heterocycles. The molecule has 1 aliphatic heterocycles. The van der Waals surface area contributed by atoms with Crippen LogP contribution in [0.2, 0.25) is 0 Å². The van der Waals surface area contributed by atoms with E-state index in [1.807, 2.05) is 0 Å². The van der Waals surface area contributed by atoms with E-state index in [0.717, 1.165) is 30.4 Å². The molecule has 3 nitrogen and oxygen atoms in total. The zero-order valence-electron chi connectivity index (χ0n) is 11.0. The number of rotatable bonds is 3. The molecule has 0 aromatic carbocycles. The van der Waals surface area contributed by atoms with Gasteiger partial charge in [-0.05, 0) is 31.2 Å². The van der Waals surface area contributed by atoms with E-state index in [0.29, 0.717) is 6.54 Å². The molecule has 0 amide bonds. The minimum absolute atomic E-state index is 0.305. The Morgan fingerprint density at radius 3 is 3.00 bits per heavy atom. The summed E-state index contributed by atoms with van der Waals surface area (Å²) in [5, 5.41) is 0. The number of hydrogen-bond donors (Lipinski definition) is 1. The first-order valence-electron chi connectivity index (χ1n) is 6.84. The molecule has 1 aromatic heterocycles. The van der Waals surface area contributed by atoms with Gasteiger partial charge in [0.05, 0.1) is 6.20 Å². The Hall–Kier alpha value is -1.16. The zero-order chi connectivity index (χ0) is 13.0. The first kappa shape index (κ1) is 13.3. The summed E-state index contributed by atoms with van der Waals surface area (Å²) < 4.78 is 13.2. The van der Waals surface area contributed by atoms with Crippen molar-refractivity contribution < 1.29 is 4.39 Å². The summed E-state index contributed by atoms with van der Waals surface area (Å²) in [6.07, 6.45) is 6.19. The molecular formula is C14H22FN3. The third-order valence-electron chi connectivity index (χ3n) is 3.85. The molecule has 0 spiro atoms. The SMILES string of the molecule is CCC1CCCN(c2ncc(F)cc2CN)CC1. The first-order valence-corrected chi connectivity index (χ1v) is 6.84. The van der Waals surface area contributed by atoms with Gasteiger partial charge in [-0.3, -0.25) is 0 Å². The van der Waals surface area contributed by atoms with E-state index in [1.165, 1.54) is 37.9 Å². The van der Waals surface area contributed by atoms with Crippen LogP contribution in [0, 0.1) is 11.7 Å². The van der Waals surface area contributed by atoms with E-state index < -0.39 is 0 Å². The van der Waals surface area contributed by atoms with Gasteiger partial charge in [-0.15, -0.1) is 0 Å². The van der Waals surface area contributed by atoms with Crippen LogP contribution in [0.1, 0.15) is 38.2 Å². The molecule has 4 heteroatoms. The van der Waals surface area contributed by atoms with Crippen LogP contribution < -0.4 is 10.6 Å². The smallest absolute Gasteiger partial charge is 0.141 e. The minimum Gasteiger partial charge on any atom is -0.356 e. The van der Waals surface area contributed by atoms with Crippen molar-refractivity contribution in [2.45, 2.75) is 39.2 Å². The van der Waals surface area contributed by atoms with E-state index in [4.69, 9.17) is 5.73 Å². The highest BCUT2D eigenvalue weighted by molar-refractivity contribution is 5.47. The summed E-state index contributed by atoms with van der Waals surface area (Å²) in [4.78, 5) is 6.50. The molecular weight excluding hydrogens is 229 g/mol. The van der Waals surface area contributed by atoms with Gasteiger partial charge in [0.1, 0.15) is 11.6 Å². The van der Waals surface area contributed by atoms with Crippen molar-refractivity contribution in [3.63, 3.8) is 0 Å². The Labute approximate surface area is 108 Å². The fourth-order valence-corrected chi connectivity index (χ4v) is 2.69. The van der Waals surface area contributed by atoms with Crippen molar-refractivity contribution in [1.29, 1.82) is 0 Å². The van der Waals surface area contributed by atoms with Crippen molar-refractivity contribution in [3.8, 4) is 0 Å². The van der Waals surface area contributed by atoms with Crippen LogP contribution in [0.15, 0.2) is 12.3 Å². The maximum atomic E-state index is 13.2. The monoisotopic (exact) mass is 251 g/mol. The highest BCUT2D eigenvalue weighted by Gasteiger charge is 2.18. The molecule has 2 rings (SSSR count). The summed E-state index contributed by atoms with van der Waals surface area (Å²) in [6.45, 7) is 4.60. The Bertz CT molecular complexity index is 395. The molecule has 0 bridgehead atoms. The highest BCUT2D eigenvalue weighted by atomic mass is 19.1. The molecule has 1 fully saturated rings. The lowest BCUT2D eigenvalue weighted by atomic mass is 9.98. The van der Waals surface area contributed by atoms with E-state index in [-0.39, 0.29) is 5.82 Å². The van der Waals surface area contributed by atoms with E-state index >= 15 is 0 Å². The van der Waals surface area contributed by atoms with Crippen LogP contribution >= 0.6 is 0 Å². The summed E-state index contributed by atoms with van der Waals surface area (Å²) in [7, 11) is 0. The summed E-state index contributed by atoms with van der Waals surface area (Å²) in [5.74, 6) is 1.38. The average Bonchev–Trinajstić information content (AvgIpc) is 2.63. The first-order chi connectivity index (χ1) is 8.74. The van der Waals surface area contributed by atoms with Gasteiger partial charge in [0.25, 0.3) is 0 Å². The van der Waals surface area contributed by atoms with Crippen LogP contribution in [0.25, 0.3) is 0 Å². The number of halogens is 1. The topological polar surface area (TPSA) is 42.2 Å². The fraction of sp³-hybridized carbons (Fsp3) is 0.643. The van der Waals surface area contributed by atoms with Crippen LogP contribution in [0.3, 0.4) is 0 Å². The van der Waals surface area contributed by atoms with Gasteiger partial charge in [-0.1, -0.05) is 13.3 Å². The maximum Gasteiger partial charge on any atom is 0.141 e. The molecule has 1 aliphatic rings. The second-order valence-corrected chi connectivity index (χ2v) is 5.03. The van der Waals surface area contributed by atoms with Crippen molar-refractivity contribution in [1.82, 2.24) is 4.98 Å². The third kappa shape index (κ3) is 2.99. The standard InChI is InChI=1S/C14H22FN3/c1-2-11-4-3-6-18(7-5-11)14-12(9-16)8-13(15)10-17-14/h8,10-11H,2-7,9,16H2,1H3. The van der Waals surface area contributed by atoms with Gasteiger partial charge in [0.2, 0.25) is 0 Å². The molecule has 100 valence electrons. The van der Waals surface area contributed by atoms with E-state index in [1.54, 1.807) is 0 Å².